The summed E-state index contributed by atoms with van der Waals surface area (Å²) >= 11 is 1.50. The molecular formula is C13H16FN3OS. The van der Waals surface area contributed by atoms with E-state index in [9.17, 15) is 9.50 Å². The van der Waals surface area contributed by atoms with Crippen LogP contribution in [0.15, 0.2) is 18.2 Å². The zero-order valence-corrected chi connectivity index (χ0v) is 11.7. The first-order valence-corrected chi connectivity index (χ1v) is 6.89. The van der Waals surface area contributed by atoms with Gasteiger partial charge in [0.05, 0.1) is 0 Å². The summed E-state index contributed by atoms with van der Waals surface area (Å²) in [5.74, 6) is 0.0186. The van der Waals surface area contributed by atoms with E-state index < -0.39 is 5.82 Å². The van der Waals surface area contributed by atoms with E-state index in [2.05, 4.69) is 29.4 Å². The quantitative estimate of drug-likeness (QED) is 0.883. The highest BCUT2D eigenvalue weighted by Crippen LogP contribution is 2.20. The number of halogens is 1. The predicted octanol–water partition coefficient (Wildman–Crippen LogP) is 3.19. The maximum atomic E-state index is 13.1. The Morgan fingerprint density at radius 1 is 1.32 bits per heavy atom. The Bertz CT molecular complexity index is 536. The smallest absolute Gasteiger partial charge is 0.205 e. The Kier molecular flexibility index (Phi) is 4.31. The fourth-order valence-electron chi connectivity index (χ4n) is 1.67. The van der Waals surface area contributed by atoms with Crippen molar-refractivity contribution < 1.29 is 9.50 Å². The molecule has 1 aromatic carbocycles. The summed E-state index contributed by atoms with van der Waals surface area (Å²) in [6.45, 7) is 4.66. The lowest BCUT2D eigenvalue weighted by Crippen LogP contribution is -1.99. The average molecular weight is 281 g/mol. The van der Waals surface area contributed by atoms with Crippen molar-refractivity contribution in [1.82, 2.24) is 10.2 Å². The number of nitrogens with zero attached hydrogens (tertiary/aromatic N) is 2. The minimum Gasteiger partial charge on any atom is -0.508 e. The van der Waals surface area contributed by atoms with Gasteiger partial charge in [0.25, 0.3) is 0 Å². The van der Waals surface area contributed by atoms with Crippen LogP contribution in [0.2, 0.25) is 0 Å². The van der Waals surface area contributed by atoms with Crippen molar-refractivity contribution in [3.05, 3.63) is 34.6 Å². The van der Waals surface area contributed by atoms with Gasteiger partial charge in [0.15, 0.2) is 0 Å². The van der Waals surface area contributed by atoms with Gasteiger partial charge in [-0.25, -0.2) is 4.39 Å². The van der Waals surface area contributed by atoms with E-state index in [-0.39, 0.29) is 5.75 Å². The fourth-order valence-corrected chi connectivity index (χ4v) is 2.62. The Balaban J connectivity index is 1.96. The van der Waals surface area contributed by atoms with Crippen LogP contribution < -0.4 is 5.32 Å². The molecule has 0 fully saturated rings. The lowest BCUT2D eigenvalue weighted by Gasteiger charge is -2.03. The van der Waals surface area contributed by atoms with E-state index in [0.717, 1.165) is 17.5 Å². The summed E-state index contributed by atoms with van der Waals surface area (Å²) in [5, 5.41) is 22.2. The van der Waals surface area contributed by atoms with E-state index >= 15 is 0 Å². The first-order chi connectivity index (χ1) is 9.02. The van der Waals surface area contributed by atoms with Crippen molar-refractivity contribution in [2.24, 2.45) is 5.92 Å². The first-order valence-electron chi connectivity index (χ1n) is 6.07. The van der Waals surface area contributed by atoms with Gasteiger partial charge in [0.1, 0.15) is 16.6 Å². The van der Waals surface area contributed by atoms with Crippen LogP contribution in [-0.4, -0.2) is 15.3 Å². The third kappa shape index (κ3) is 4.17. The molecule has 0 spiro atoms. The van der Waals surface area contributed by atoms with Gasteiger partial charge in [0.2, 0.25) is 5.13 Å². The molecule has 0 atom stereocenters. The summed E-state index contributed by atoms with van der Waals surface area (Å²) < 4.78 is 13.1. The van der Waals surface area contributed by atoms with Crippen molar-refractivity contribution in [3.8, 4) is 5.75 Å². The van der Waals surface area contributed by atoms with E-state index in [4.69, 9.17) is 0 Å². The summed E-state index contributed by atoms with van der Waals surface area (Å²) in [4.78, 5) is 0. The molecule has 102 valence electrons. The maximum Gasteiger partial charge on any atom is 0.205 e. The Hall–Kier alpha value is -1.69. The van der Waals surface area contributed by atoms with Crippen LogP contribution in [0.3, 0.4) is 0 Å². The molecule has 0 aliphatic carbocycles. The number of nitrogens with one attached hydrogen (secondary N) is 1. The number of phenols is 1. The van der Waals surface area contributed by atoms with Crippen molar-refractivity contribution in [3.63, 3.8) is 0 Å². The minimum absolute atomic E-state index is 0.0745. The van der Waals surface area contributed by atoms with Crippen LogP contribution in [0.4, 0.5) is 9.52 Å². The maximum absolute atomic E-state index is 13.1. The van der Waals surface area contributed by atoms with E-state index in [1.165, 1.54) is 23.5 Å². The van der Waals surface area contributed by atoms with Crippen molar-refractivity contribution in [2.75, 3.05) is 5.32 Å². The van der Waals surface area contributed by atoms with Crippen LogP contribution in [0.1, 0.15) is 24.4 Å². The monoisotopic (exact) mass is 281 g/mol. The number of hydrogen-bond acceptors (Lipinski definition) is 5. The highest BCUT2D eigenvalue weighted by Gasteiger charge is 2.06. The molecule has 0 aliphatic rings. The molecule has 19 heavy (non-hydrogen) atoms. The molecule has 0 radical (unpaired) electrons. The normalized spacial score (nSPS) is 10.9. The van der Waals surface area contributed by atoms with Gasteiger partial charge in [0, 0.05) is 19.0 Å². The largest absolute Gasteiger partial charge is 0.508 e. The molecule has 0 aliphatic heterocycles. The summed E-state index contributed by atoms with van der Waals surface area (Å²) in [7, 11) is 0. The second-order valence-electron chi connectivity index (χ2n) is 4.77. The zero-order chi connectivity index (χ0) is 13.8. The van der Waals surface area contributed by atoms with Gasteiger partial charge in [-0.15, -0.1) is 10.2 Å². The minimum atomic E-state index is -0.449. The highest BCUT2D eigenvalue weighted by atomic mass is 32.1. The van der Waals surface area contributed by atoms with Crippen LogP contribution in [0.25, 0.3) is 0 Å². The average Bonchev–Trinajstić information content (AvgIpc) is 2.72. The molecule has 0 unspecified atom stereocenters. The molecule has 6 heteroatoms. The third-order valence-corrected chi connectivity index (χ3v) is 3.34. The first kappa shape index (κ1) is 13.7. The second-order valence-corrected chi connectivity index (χ2v) is 5.83. The Morgan fingerprint density at radius 2 is 2.11 bits per heavy atom. The van der Waals surface area contributed by atoms with Gasteiger partial charge in [-0.1, -0.05) is 25.2 Å². The second kappa shape index (κ2) is 5.97. The highest BCUT2D eigenvalue weighted by molar-refractivity contribution is 7.15. The number of anilines is 1. The topological polar surface area (TPSA) is 58.0 Å². The molecule has 1 aromatic heterocycles. The Labute approximate surface area is 115 Å². The molecule has 4 nitrogen and oxygen atoms in total. The lowest BCUT2D eigenvalue weighted by molar-refractivity contribution is 0.468. The van der Waals surface area contributed by atoms with Crippen LogP contribution in [-0.2, 0) is 13.0 Å². The summed E-state index contributed by atoms with van der Waals surface area (Å²) in [6.07, 6.45) is 0.903. The Morgan fingerprint density at radius 3 is 2.79 bits per heavy atom. The molecule has 1 heterocycles. The van der Waals surface area contributed by atoms with Gasteiger partial charge in [-0.05, 0) is 23.6 Å². The van der Waals surface area contributed by atoms with Crippen molar-refractivity contribution >= 4 is 16.5 Å². The molecule has 2 N–H and O–H groups in total. The van der Waals surface area contributed by atoms with E-state index in [0.29, 0.717) is 23.2 Å². The summed E-state index contributed by atoms with van der Waals surface area (Å²) in [5.41, 5.74) is 0.665. The standard InChI is InChI=1S/C13H16FN3OS/c1-8(2)3-12-16-17-13(19-12)15-7-9-4-10(14)6-11(18)5-9/h4-6,8,18H,3,7H2,1-2H3,(H,15,17). The van der Waals surface area contributed by atoms with Crippen molar-refractivity contribution in [1.29, 1.82) is 0 Å². The third-order valence-electron chi connectivity index (χ3n) is 2.44. The fraction of sp³-hybridized carbons (Fsp3) is 0.385. The number of aromatic hydroxyl groups is 1. The van der Waals surface area contributed by atoms with Gasteiger partial charge in [-0.3, -0.25) is 0 Å². The summed E-state index contributed by atoms with van der Waals surface area (Å²) in [6, 6.07) is 3.98. The van der Waals surface area contributed by atoms with Crippen LogP contribution in [0.5, 0.6) is 5.75 Å². The predicted molar refractivity (Wildman–Crippen MR) is 73.8 cm³/mol. The molecule has 0 saturated heterocycles. The number of rotatable bonds is 5. The van der Waals surface area contributed by atoms with Gasteiger partial charge in [-0.2, -0.15) is 0 Å². The van der Waals surface area contributed by atoms with Crippen LogP contribution in [0, 0.1) is 11.7 Å². The van der Waals surface area contributed by atoms with E-state index in [1.807, 2.05) is 0 Å². The molecule has 0 bridgehead atoms. The number of hydrogen-bond donors (Lipinski definition) is 2. The molecular weight excluding hydrogens is 265 g/mol. The SMILES string of the molecule is CC(C)Cc1nnc(NCc2cc(O)cc(F)c2)s1. The molecule has 2 aromatic rings. The molecule has 0 amide bonds. The molecule has 0 saturated carbocycles. The lowest BCUT2D eigenvalue weighted by atomic mass is 10.1. The van der Waals surface area contributed by atoms with Crippen molar-refractivity contribution in [2.45, 2.75) is 26.8 Å². The van der Waals surface area contributed by atoms with Gasteiger partial charge < -0.3 is 10.4 Å². The molecule has 2 rings (SSSR count). The number of aromatic nitrogens is 2. The van der Waals surface area contributed by atoms with Gasteiger partial charge >= 0.3 is 0 Å². The zero-order valence-electron chi connectivity index (χ0n) is 10.9. The van der Waals surface area contributed by atoms with E-state index in [1.54, 1.807) is 0 Å². The number of phenolic OH excluding ortho intramolecular Hbond substituents is 1. The van der Waals surface area contributed by atoms with Crippen LogP contribution >= 0.6 is 11.3 Å². The number of benzene rings is 1.